The van der Waals surface area contributed by atoms with Crippen molar-refractivity contribution in [2.45, 2.75) is 6.54 Å². The number of nitrogens with one attached hydrogen (secondary N) is 1. The van der Waals surface area contributed by atoms with Crippen molar-refractivity contribution in [3.8, 4) is 0 Å². The average Bonchev–Trinajstić information content (AvgIpc) is 2.40. The summed E-state index contributed by atoms with van der Waals surface area (Å²) in [5.41, 5.74) is 3.78. The van der Waals surface area contributed by atoms with Gasteiger partial charge in [-0.1, -0.05) is 64.5 Å². The van der Waals surface area contributed by atoms with Crippen LogP contribution in [0.25, 0.3) is 12.2 Å². The second-order valence-corrected chi connectivity index (χ2v) is 5.03. The Hall–Kier alpha value is -1.38. The van der Waals surface area contributed by atoms with Crippen LogP contribution < -0.4 is 5.32 Å². The highest BCUT2D eigenvalue weighted by molar-refractivity contribution is 9.10. The van der Waals surface area contributed by atoms with Gasteiger partial charge in [0.1, 0.15) is 0 Å². The molecule has 1 N–H and O–H groups in total. The molecule has 0 aliphatic carbocycles. The molecule has 92 valence electrons. The van der Waals surface area contributed by atoms with Gasteiger partial charge in [-0.3, -0.25) is 0 Å². The van der Waals surface area contributed by atoms with E-state index >= 15 is 0 Å². The molecule has 1 nitrogen and oxygen atoms in total. The van der Waals surface area contributed by atoms with E-state index in [1.54, 1.807) is 0 Å². The van der Waals surface area contributed by atoms with Gasteiger partial charge < -0.3 is 5.32 Å². The number of benzene rings is 2. The summed E-state index contributed by atoms with van der Waals surface area (Å²) in [4.78, 5) is 0. The van der Waals surface area contributed by atoms with Gasteiger partial charge >= 0.3 is 0 Å². The predicted molar refractivity (Wildman–Crippen MR) is 82.3 cm³/mol. The molecular weight excluding hydrogens is 286 g/mol. The Morgan fingerprint density at radius 2 is 1.72 bits per heavy atom. The minimum absolute atomic E-state index is 0.890. The molecule has 0 heterocycles. The van der Waals surface area contributed by atoms with E-state index in [1.165, 1.54) is 16.7 Å². The summed E-state index contributed by atoms with van der Waals surface area (Å²) in [5, 5.41) is 3.19. The van der Waals surface area contributed by atoms with Gasteiger partial charge in [0.05, 0.1) is 0 Å². The van der Waals surface area contributed by atoms with E-state index in [1.807, 2.05) is 7.05 Å². The van der Waals surface area contributed by atoms with Crippen LogP contribution in [-0.4, -0.2) is 7.05 Å². The Morgan fingerprint density at radius 3 is 2.44 bits per heavy atom. The van der Waals surface area contributed by atoms with Gasteiger partial charge in [-0.2, -0.15) is 0 Å². The molecule has 0 spiro atoms. The zero-order chi connectivity index (χ0) is 12.8. The fraction of sp³-hybridized carbons (Fsp3) is 0.125. The van der Waals surface area contributed by atoms with E-state index in [0.29, 0.717) is 0 Å². The Morgan fingerprint density at radius 1 is 1.00 bits per heavy atom. The van der Waals surface area contributed by atoms with E-state index < -0.39 is 0 Å². The fourth-order valence-corrected chi connectivity index (χ4v) is 2.07. The Labute approximate surface area is 117 Å². The fourth-order valence-electron chi connectivity index (χ4n) is 1.81. The molecule has 0 radical (unpaired) electrons. The van der Waals surface area contributed by atoms with E-state index in [2.05, 4.69) is 81.9 Å². The minimum Gasteiger partial charge on any atom is -0.316 e. The van der Waals surface area contributed by atoms with Gasteiger partial charge in [-0.05, 0) is 35.9 Å². The highest BCUT2D eigenvalue weighted by Crippen LogP contribution is 2.15. The molecule has 2 aromatic carbocycles. The lowest BCUT2D eigenvalue weighted by Crippen LogP contribution is -2.06. The number of halogens is 1. The van der Waals surface area contributed by atoms with Crippen molar-refractivity contribution in [1.82, 2.24) is 5.32 Å². The lowest BCUT2D eigenvalue weighted by molar-refractivity contribution is 0.816. The molecule has 0 unspecified atom stereocenters. The molecule has 18 heavy (non-hydrogen) atoms. The van der Waals surface area contributed by atoms with E-state index in [0.717, 1.165) is 11.0 Å². The quantitative estimate of drug-likeness (QED) is 0.829. The maximum absolute atomic E-state index is 3.44. The first-order valence-corrected chi connectivity index (χ1v) is 6.75. The predicted octanol–water partition coefficient (Wildman–Crippen LogP) is 4.34. The minimum atomic E-state index is 0.890. The summed E-state index contributed by atoms with van der Waals surface area (Å²) < 4.78 is 1.11. The first-order chi connectivity index (χ1) is 8.79. The van der Waals surface area contributed by atoms with Crippen molar-refractivity contribution in [3.63, 3.8) is 0 Å². The zero-order valence-corrected chi connectivity index (χ0v) is 11.9. The smallest absolute Gasteiger partial charge is 0.0208 e. The monoisotopic (exact) mass is 301 g/mol. The highest BCUT2D eigenvalue weighted by Gasteiger charge is 1.96. The van der Waals surface area contributed by atoms with Crippen LogP contribution in [0.4, 0.5) is 0 Å². The number of rotatable bonds is 4. The van der Waals surface area contributed by atoms with Crippen LogP contribution in [0.2, 0.25) is 0 Å². The van der Waals surface area contributed by atoms with Gasteiger partial charge in [-0.25, -0.2) is 0 Å². The molecule has 0 amide bonds. The molecule has 2 rings (SSSR count). The maximum atomic E-state index is 3.44. The third-order valence-electron chi connectivity index (χ3n) is 2.75. The first kappa shape index (κ1) is 13.1. The van der Waals surface area contributed by atoms with Crippen LogP contribution in [0.15, 0.2) is 53.0 Å². The maximum Gasteiger partial charge on any atom is 0.0208 e. The van der Waals surface area contributed by atoms with Gasteiger partial charge in [0.2, 0.25) is 0 Å². The van der Waals surface area contributed by atoms with Crippen molar-refractivity contribution in [2.24, 2.45) is 0 Å². The number of hydrogen-bond acceptors (Lipinski definition) is 1. The molecule has 0 saturated heterocycles. The molecule has 0 atom stereocenters. The van der Waals surface area contributed by atoms with Crippen LogP contribution in [0.3, 0.4) is 0 Å². The second kappa shape index (κ2) is 6.53. The summed E-state index contributed by atoms with van der Waals surface area (Å²) in [6, 6.07) is 16.7. The van der Waals surface area contributed by atoms with Crippen LogP contribution in [0, 0.1) is 0 Å². The molecule has 0 fully saturated rings. The van der Waals surface area contributed by atoms with Gasteiger partial charge in [-0.15, -0.1) is 0 Å². The van der Waals surface area contributed by atoms with Gasteiger partial charge in [0.25, 0.3) is 0 Å². The summed E-state index contributed by atoms with van der Waals surface area (Å²) in [6.45, 7) is 0.890. The second-order valence-electron chi connectivity index (χ2n) is 4.11. The molecule has 0 bridgehead atoms. The van der Waals surface area contributed by atoms with Crippen LogP contribution in [0.1, 0.15) is 16.7 Å². The Bertz CT molecular complexity index is 529. The third-order valence-corrected chi connectivity index (χ3v) is 3.28. The van der Waals surface area contributed by atoms with Crippen molar-refractivity contribution < 1.29 is 0 Å². The summed E-state index contributed by atoms with van der Waals surface area (Å²) >= 11 is 3.44. The van der Waals surface area contributed by atoms with Gasteiger partial charge in [0, 0.05) is 11.0 Å². The summed E-state index contributed by atoms with van der Waals surface area (Å²) in [5.74, 6) is 0. The van der Waals surface area contributed by atoms with Crippen LogP contribution in [0.5, 0.6) is 0 Å². The number of hydrogen-bond donors (Lipinski definition) is 1. The molecule has 0 aliphatic rings. The first-order valence-electron chi connectivity index (χ1n) is 5.96. The Kier molecular flexibility index (Phi) is 4.73. The van der Waals surface area contributed by atoms with E-state index in [-0.39, 0.29) is 0 Å². The van der Waals surface area contributed by atoms with Crippen molar-refractivity contribution in [2.75, 3.05) is 7.05 Å². The molecule has 0 aliphatic heterocycles. The normalized spacial score (nSPS) is 11.0. The van der Waals surface area contributed by atoms with Crippen LogP contribution in [-0.2, 0) is 6.54 Å². The van der Waals surface area contributed by atoms with Gasteiger partial charge in [0.15, 0.2) is 0 Å². The Balaban J connectivity index is 2.20. The third kappa shape index (κ3) is 3.56. The van der Waals surface area contributed by atoms with Crippen LogP contribution >= 0.6 is 15.9 Å². The largest absolute Gasteiger partial charge is 0.316 e. The molecular formula is C16H16BrN. The SMILES string of the molecule is CNCc1ccccc1/C=C/c1ccc(Br)cc1. The standard InChI is InChI=1S/C16H16BrN/c1-18-12-15-5-3-2-4-14(15)9-6-13-7-10-16(17)11-8-13/h2-11,18H,12H2,1H3/b9-6+. The highest BCUT2D eigenvalue weighted by atomic mass is 79.9. The van der Waals surface area contributed by atoms with E-state index in [9.17, 15) is 0 Å². The summed E-state index contributed by atoms with van der Waals surface area (Å²) in [7, 11) is 1.97. The molecule has 2 aromatic rings. The average molecular weight is 302 g/mol. The van der Waals surface area contributed by atoms with Crippen molar-refractivity contribution in [1.29, 1.82) is 0 Å². The summed E-state index contributed by atoms with van der Waals surface area (Å²) in [6.07, 6.45) is 4.30. The van der Waals surface area contributed by atoms with Crippen molar-refractivity contribution in [3.05, 3.63) is 69.7 Å². The zero-order valence-electron chi connectivity index (χ0n) is 10.4. The molecule has 2 heteroatoms. The topological polar surface area (TPSA) is 12.0 Å². The molecule has 0 saturated carbocycles. The van der Waals surface area contributed by atoms with E-state index in [4.69, 9.17) is 0 Å². The molecule has 0 aromatic heterocycles. The van der Waals surface area contributed by atoms with Crippen molar-refractivity contribution >= 4 is 28.1 Å². The lowest BCUT2D eigenvalue weighted by Gasteiger charge is -2.04. The lowest BCUT2D eigenvalue weighted by atomic mass is 10.1.